The summed E-state index contributed by atoms with van der Waals surface area (Å²) in [6, 6.07) is 2.76. The summed E-state index contributed by atoms with van der Waals surface area (Å²) in [5, 5.41) is 0. The van der Waals surface area contributed by atoms with E-state index >= 15 is 0 Å². The summed E-state index contributed by atoms with van der Waals surface area (Å²) >= 11 is 0. The van der Waals surface area contributed by atoms with Crippen LogP contribution in [0.15, 0.2) is 23.0 Å². The average Bonchev–Trinajstić information content (AvgIpc) is 2.70. The lowest BCUT2D eigenvalue weighted by Gasteiger charge is -2.35. The summed E-state index contributed by atoms with van der Waals surface area (Å²) in [5.74, 6) is 0.642. The highest BCUT2D eigenvalue weighted by atomic mass is 16.3. The fourth-order valence-electron chi connectivity index (χ4n) is 2.05. The molecule has 1 unspecified atom stereocenters. The van der Waals surface area contributed by atoms with Gasteiger partial charge in [0, 0.05) is 24.7 Å². The van der Waals surface area contributed by atoms with Crippen LogP contribution in [-0.2, 0) is 0 Å². The Kier molecular flexibility index (Phi) is 5.03. The maximum Gasteiger partial charge on any atom is 0.0950 e. The highest BCUT2D eigenvalue weighted by Crippen LogP contribution is 2.23. The quantitative estimate of drug-likeness (QED) is 0.807. The van der Waals surface area contributed by atoms with Gasteiger partial charge in [-0.1, -0.05) is 13.8 Å². The molecule has 0 aliphatic carbocycles. The van der Waals surface area contributed by atoms with Crippen LogP contribution < -0.4 is 5.73 Å². The molecule has 0 saturated heterocycles. The Morgan fingerprint density at radius 3 is 2.38 bits per heavy atom. The zero-order valence-corrected chi connectivity index (χ0v) is 10.8. The average molecular weight is 224 g/mol. The van der Waals surface area contributed by atoms with E-state index in [1.807, 2.05) is 6.07 Å². The standard InChI is InChI=1S/C13H24N2O/c1-10(2)8-15(11(3)4)13(7-14)12-5-6-16-9-12/h5-6,9-11,13H,7-8,14H2,1-4H3. The van der Waals surface area contributed by atoms with Crippen molar-refractivity contribution in [3.05, 3.63) is 24.2 Å². The second-order valence-corrected chi connectivity index (χ2v) is 4.99. The predicted molar refractivity (Wildman–Crippen MR) is 67.2 cm³/mol. The molecule has 1 aromatic heterocycles. The number of rotatable bonds is 6. The Hall–Kier alpha value is -0.800. The second kappa shape index (κ2) is 6.06. The van der Waals surface area contributed by atoms with Gasteiger partial charge >= 0.3 is 0 Å². The van der Waals surface area contributed by atoms with Crippen LogP contribution >= 0.6 is 0 Å². The van der Waals surface area contributed by atoms with E-state index in [2.05, 4.69) is 32.6 Å². The lowest BCUT2D eigenvalue weighted by atomic mass is 10.0. The summed E-state index contributed by atoms with van der Waals surface area (Å²) in [6.07, 6.45) is 3.51. The van der Waals surface area contributed by atoms with E-state index in [1.54, 1.807) is 12.5 Å². The molecule has 92 valence electrons. The van der Waals surface area contributed by atoms with E-state index in [0.29, 0.717) is 18.5 Å². The Morgan fingerprint density at radius 1 is 1.31 bits per heavy atom. The van der Waals surface area contributed by atoms with Crippen molar-refractivity contribution in [1.29, 1.82) is 0 Å². The van der Waals surface area contributed by atoms with Crippen molar-refractivity contribution in [1.82, 2.24) is 4.90 Å². The third kappa shape index (κ3) is 3.35. The Morgan fingerprint density at radius 2 is 2.00 bits per heavy atom. The van der Waals surface area contributed by atoms with Gasteiger partial charge in [-0.3, -0.25) is 4.90 Å². The third-order valence-electron chi connectivity index (χ3n) is 2.79. The van der Waals surface area contributed by atoms with Crippen molar-refractivity contribution >= 4 is 0 Å². The van der Waals surface area contributed by atoms with E-state index in [-0.39, 0.29) is 6.04 Å². The van der Waals surface area contributed by atoms with Crippen molar-refractivity contribution in [2.75, 3.05) is 13.1 Å². The molecule has 0 fully saturated rings. The highest BCUT2D eigenvalue weighted by Gasteiger charge is 2.23. The van der Waals surface area contributed by atoms with Gasteiger partial charge in [-0.05, 0) is 25.8 Å². The molecular weight excluding hydrogens is 200 g/mol. The van der Waals surface area contributed by atoms with E-state index in [1.165, 1.54) is 5.56 Å². The molecule has 0 aromatic carbocycles. The molecule has 1 rings (SSSR count). The van der Waals surface area contributed by atoms with E-state index < -0.39 is 0 Å². The van der Waals surface area contributed by atoms with E-state index in [4.69, 9.17) is 10.2 Å². The maximum absolute atomic E-state index is 5.90. The largest absolute Gasteiger partial charge is 0.472 e. The first kappa shape index (κ1) is 13.3. The van der Waals surface area contributed by atoms with Crippen LogP contribution in [-0.4, -0.2) is 24.0 Å². The first-order valence-corrected chi connectivity index (χ1v) is 6.04. The zero-order valence-electron chi connectivity index (χ0n) is 10.8. The molecule has 0 aliphatic heterocycles. The summed E-state index contributed by atoms with van der Waals surface area (Å²) < 4.78 is 5.15. The molecule has 0 radical (unpaired) electrons. The molecule has 1 atom stereocenters. The summed E-state index contributed by atoms with van der Waals surface area (Å²) in [4.78, 5) is 2.44. The minimum atomic E-state index is 0.265. The molecule has 0 amide bonds. The molecule has 0 saturated carbocycles. The van der Waals surface area contributed by atoms with Gasteiger partial charge in [0.15, 0.2) is 0 Å². The zero-order chi connectivity index (χ0) is 12.1. The fourth-order valence-corrected chi connectivity index (χ4v) is 2.05. The molecule has 0 aliphatic rings. The van der Waals surface area contributed by atoms with Crippen LogP contribution in [0.25, 0.3) is 0 Å². The number of hydrogen-bond acceptors (Lipinski definition) is 3. The molecule has 16 heavy (non-hydrogen) atoms. The first-order chi connectivity index (χ1) is 7.56. The van der Waals surface area contributed by atoms with Crippen LogP contribution in [0.1, 0.15) is 39.3 Å². The Labute approximate surface area is 98.6 Å². The van der Waals surface area contributed by atoms with Gasteiger partial charge < -0.3 is 10.2 Å². The lowest BCUT2D eigenvalue weighted by molar-refractivity contribution is 0.138. The Balaban J connectivity index is 2.81. The van der Waals surface area contributed by atoms with Crippen molar-refractivity contribution in [2.45, 2.75) is 39.8 Å². The molecule has 0 bridgehead atoms. The topological polar surface area (TPSA) is 42.4 Å². The van der Waals surface area contributed by atoms with Gasteiger partial charge in [0.2, 0.25) is 0 Å². The smallest absolute Gasteiger partial charge is 0.0950 e. The third-order valence-corrected chi connectivity index (χ3v) is 2.79. The van der Waals surface area contributed by atoms with Crippen LogP contribution in [0.4, 0.5) is 0 Å². The number of nitrogens with two attached hydrogens (primary N) is 1. The summed E-state index contributed by atoms with van der Waals surface area (Å²) in [6.45, 7) is 10.6. The summed E-state index contributed by atoms with van der Waals surface area (Å²) in [5.41, 5.74) is 7.07. The number of furan rings is 1. The van der Waals surface area contributed by atoms with Crippen LogP contribution in [0.2, 0.25) is 0 Å². The van der Waals surface area contributed by atoms with Gasteiger partial charge in [-0.2, -0.15) is 0 Å². The maximum atomic E-state index is 5.90. The highest BCUT2D eigenvalue weighted by molar-refractivity contribution is 5.12. The molecule has 1 aromatic rings. The van der Waals surface area contributed by atoms with E-state index in [9.17, 15) is 0 Å². The lowest BCUT2D eigenvalue weighted by Crippen LogP contribution is -2.40. The second-order valence-electron chi connectivity index (χ2n) is 4.99. The SMILES string of the molecule is CC(C)CN(C(C)C)C(CN)c1ccoc1. The van der Waals surface area contributed by atoms with Crippen molar-refractivity contribution in [3.63, 3.8) is 0 Å². The summed E-state index contributed by atoms with van der Waals surface area (Å²) in [7, 11) is 0. The number of hydrogen-bond donors (Lipinski definition) is 1. The molecular formula is C13H24N2O. The Bertz CT molecular complexity index is 280. The molecule has 1 heterocycles. The molecule has 2 N–H and O–H groups in total. The number of nitrogens with zero attached hydrogens (tertiary/aromatic N) is 1. The van der Waals surface area contributed by atoms with Gasteiger partial charge in [-0.15, -0.1) is 0 Å². The minimum absolute atomic E-state index is 0.265. The van der Waals surface area contributed by atoms with Crippen molar-refractivity contribution < 1.29 is 4.42 Å². The first-order valence-electron chi connectivity index (χ1n) is 6.04. The normalized spacial score (nSPS) is 14.0. The molecule has 0 spiro atoms. The van der Waals surface area contributed by atoms with E-state index in [0.717, 1.165) is 6.54 Å². The van der Waals surface area contributed by atoms with Crippen molar-refractivity contribution in [2.24, 2.45) is 11.7 Å². The van der Waals surface area contributed by atoms with Gasteiger partial charge in [0.05, 0.1) is 18.6 Å². The fraction of sp³-hybridized carbons (Fsp3) is 0.692. The monoisotopic (exact) mass is 224 g/mol. The van der Waals surface area contributed by atoms with Gasteiger partial charge in [0.25, 0.3) is 0 Å². The van der Waals surface area contributed by atoms with Crippen molar-refractivity contribution in [3.8, 4) is 0 Å². The van der Waals surface area contributed by atoms with Gasteiger partial charge in [-0.25, -0.2) is 0 Å². The van der Waals surface area contributed by atoms with Crippen LogP contribution in [0.3, 0.4) is 0 Å². The van der Waals surface area contributed by atoms with Crippen LogP contribution in [0.5, 0.6) is 0 Å². The molecule has 3 nitrogen and oxygen atoms in total. The van der Waals surface area contributed by atoms with Gasteiger partial charge in [0.1, 0.15) is 0 Å². The predicted octanol–water partition coefficient (Wildman–Crippen LogP) is 2.65. The van der Waals surface area contributed by atoms with Crippen LogP contribution in [0, 0.1) is 5.92 Å². The molecule has 3 heteroatoms. The minimum Gasteiger partial charge on any atom is -0.472 e.